The van der Waals surface area contributed by atoms with Crippen LogP contribution in [0.2, 0.25) is 0 Å². The Morgan fingerprint density at radius 3 is 3.09 bits per heavy atom. The van der Waals surface area contributed by atoms with Gasteiger partial charge < -0.3 is 5.11 Å². The van der Waals surface area contributed by atoms with Crippen LogP contribution in [0.1, 0.15) is 24.4 Å². The number of hydrogen-bond acceptors (Lipinski definition) is 6. The molecule has 0 saturated carbocycles. The van der Waals surface area contributed by atoms with Crippen LogP contribution in [0, 0.1) is 10.1 Å². The number of thiophene rings is 1. The standard InChI is InChI=1S/C14H18N4O3S/c19-13(9-17-7-12(6-15-17)18(20)21)8-16-4-1-2-14(16)11-3-5-22-10-11/h3,5-7,10,13-14,19H,1-2,4,8-9H2/t13-,14+/m1/s1. The molecule has 118 valence electrons. The van der Waals surface area contributed by atoms with Crippen LogP contribution in [-0.4, -0.2) is 43.9 Å². The number of likely N-dealkylation sites (tertiary alicyclic amines) is 1. The summed E-state index contributed by atoms with van der Waals surface area (Å²) in [6.07, 6.45) is 4.19. The van der Waals surface area contributed by atoms with Gasteiger partial charge in [0.1, 0.15) is 12.4 Å². The topological polar surface area (TPSA) is 84.4 Å². The van der Waals surface area contributed by atoms with Crippen molar-refractivity contribution in [1.82, 2.24) is 14.7 Å². The number of aliphatic hydroxyl groups excluding tert-OH is 1. The summed E-state index contributed by atoms with van der Waals surface area (Å²) in [5, 5.41) is 29.0. The van der Waals surface area contributed by atoms with Crippen LogP contribution in [0.15, 0.2) is 29.2 Å². The van der Waals surface area contributed by atoms with Gasteiger partial charge in [0.15, 0.2) is 0 Å². The molecule has 7 nitrogen and oxygen atoms in total. The maximum Gasteiger partial charge on any atom is 0.306 e. The molecule has 22 heavy (non-hydrogen) atoms. The van der Waals surface area contributed by atoms with Crippen molar-refractivity contribution < 1.29 is 10.0 Å². The maximum absolute atomic E-state index is 10.6. The highest BCUT2D eigenvalue weighted by Crippen LogP contribution is 2.33. The summed E-state index contributed by atoms with van der Waals surface area (Å²) >= 11 is 1.69. The first-order valence-corrected chi connectivity index (χ1v) is 8.19. The van der Waals surface area contributed by atoms with Crippen LogP contribution >= 0.6 is 11.3 Å². The molecule has 0 radical (unpaired) electrons. The SMILES string of the molecule is O=[N+]([O-])c1cnn(C[C@H](O)CN2CCC[C@H]2c2ccsc2)c1. The first kappa shape index (κ1) is 15.1. The molecular formula is C14H18N4O3S. The molecule has 1 fully saturated rings. The van der Waals surface area contributed by atoms with Crippen molar-refractivity contribution in [3.8, 4) is 0 Å². The zero-order valence-electron chi connectivity index (χ0n) is 12.0. The van der Waals surface area contributed by atoms with Crippen molar-refractivity contribution in [3.05, 3.63) is 44.9 Å². The first-order chi connectivity index (χ1) is 10.6. The molecule has 2 aromatic rings. The van der Waals surface area contributed by atoms with Gasteiger partial charge in [0, 0.05) is 12.6 Å². The fourth-order valence-electron chi connectivity index (χ4n) is 2.98. The Bertz CT molecular complexity index is 628. The summed E-state index contributed by atoms with van der Waals surface area (Å²) in [5.41, 5.74) is 1.26. The number of rotatable bonds is 6. The van der Waals surface area contributed by atoms with Gasteiger partial charge in [0.25, 0.3) is 0 Å². The molecule has 0 unspecified atom stereocenters. The number of aromatic nitrogens is 2. The number of nitrogens with zero attached hydrogens (tertiary/aromatic N) is 4. The monoisotopic (exact) mass is 322 g/mol. The average molecular weight is 322 g/mol. The van der Waals surface area contributed by atoms with Gasteiger partial charge in [-0.2, -0.15) is 16.4 Å². The predicted octanol–water partition coefficient (Wildman–Crippen LogP) is 2.05. The van der Waals surface area contributed by atoms with Gasteiger partial charge in [0.2, 0.25) is 0 Å². The minimum Gasteiger partial charge on any atom is -0.390 e. The first-order valence-electron chi connectivity index (χ1n) is 7.24. The number of hydrogen-bond donors (Lipinski definition) is 1. The molecule has 1 N–H and O–H groups in total. The van der Waals surface area contributed by atoms with Crippen LogP contribution in [0.3, 0.4) is 0 Å². The molecule has 1 aliphatic heterocycles. The minimum absolute atomic E-state index is 0.0514. The third kappa shape index (κ3) is 3.34. The molecule has 1 saturated heterocycles. The number of aliphatic hydroxyl groups is 1. The fraction of sp³-hybridized carbons (Fsp3) is 0.500. The van der Waals surface area contributed by atoms with E-state index in [0.29, 0.717) is 12.6 Å². The van der Waals surface area contributed by atoms with Crippen molar-refractivity contribution in [1.29, 1.82) is 0 Å². The summed E-state index contributed by atoms with van der Waals surface area (Å²) in [5.74, 6) is 0. The van der Waals surface area contributed by atoms with Gasteiger partial charge in [-0.05, 0) is 41.8 Å². The van der Waals surface area contributed by atoms with Crippen molar-refractivity contribution in [2.75, 3.05) is 13.1 Å². The Labute approximate surface area is 131 Å². The Balaban J connectivity index is 1.58. The molecule has 2 atom stereocenters. The van der Waals surface area contributed by atoms with E-state index in [1.54, 1.807) is 11.3 Å². The molecular weight excluding hydrogens is 304 g/mol. The van der Waals surface area contributed by atoms with E-state index in [0.717, 1.165) is 19.4 Å². The van der Waals surface area contributed by atoms with Gasteiger partial charge in [-0.1, -0.05) is 0 Å². The largest absolute Gasteiger partial charge is 0.390 e. The highest BCUT2D eigenvalue weighted by Gasteiger charge is 2.28. The summed E-state index contributed by atoms with van der Waals surface area (Å²) < 4.78 is 1.43. The van der Waals surface area contributed by atoms with Crippen molar-refractivity contribution in [3.63, 3.8) is 0 Å². The normalized spacial score (nSPS) is 20.3. The molecule has 0 spiro atoms. The zero-order chi connectivity index (χ0) is 15.5. The van der Waals surface area contributed by atoms with E-state index < -0.39 is 11.0 Å². The van der Waals surface area contributed by atoms with E-state index in [1.165, 1.54) is 22.6 Å². The maximum atomic E-state index is 10.6. The molecule has 2 aromatic heterocycles. The van der Waals surface area contributed by atoms with Crippen LogP contribution in [0.4, 0.5) is 5.69 Å². The minimum atomic E-state index is -0.598. The Hall–Kier alpha value is -1.77. The molecule has 0 amide bonds. The second kappa shape index (κ2) is 6.55. The van der Waals surface area contributed by atoms with Gasteiger partial charge in [0.05, 0.1) is 17.6 Å². The molecule has 3 heterocycles. The summed E-state index contributed by atoms with van der Waals surface area (Å²) in [4.78, 5) is 12.4. The van der Waals surface area contributed by atoms with Gasteiger partial charge in [-0.15, -0.1) is 0 Å². The van der Waals surface area contributed by atoms with Crippen LogP contribution in [0.5, 0.6) is 0 Å². The Kier molecular flexibility index (Phi) is 4.51. The summed E-state index contributed by atoms with van der Waals surface area (Å²) in [6.45, 7) is 1.78. The predicted molar refractivity (Wildman–Crippen MR) is 82.8 cm³/mol. The van der Waals surface area contributed by atoms with Gasteiger partial charge in [-0.25, -0.2) is 0 Å². The van der Waals surface area contributed by atoms with Crippen LogP contribution in [-0.2, 0) is 6.54 Å². The molecule has 3 rings (SSSR count). The molecule has 0 aliphatic carbocycles. The second-order valence-corrected chi connectivity index (χ2v) is 6.32. The third-order valence-electron chi connectivity index (χ3n) is 3.97. The van der Waals surface area contributed by atoms with Gasteiger partial charge >= 0.3 is 5.69 Å². The quantitative estimate of drug-likeness (QED) is 0.650. The van der Waals surface area contributed by atoms with E-state index in [2.05, 4.69) is 26.8 Å². The summed E-state index contributed by atoms with van der Waals surface area (Å²) in [7, 11) is 0. The lowest BCUT2D eigenvalue weighted by molar-refractivity contribution is -0.385. The van der Waals surface area contributed by atoms with E-state index in [1.807, 2.05) is 0 Å². The molecule has 0 bridgehead atoms. The third-order valence-corrected chi connectivity index (χ3v) is 4.67. The fourth-order valence-corrected chi connectivity index (χ4v) is 3.68. The second-order valence-electron chi connectivity index (χ2n) is 5.54. The average Bonchev–Trinajstić information content (AvgIpc) is 3.18. The zero-order valence-corrected chi connectivity index (χ0v) is 12.9. The van der Waals surface area contributed by atoms with Crippen molar-refractivity contribution >= 4 is 17.0 Å². The lowest BCUT2D eigenvalue weighted by Gasteiger charge is -2.26. The molecule has 8 heteroatoms. The van der Waals surface area contributed by atoms with E-state index in [9.17, 15) is 15.2 Å². The van der Waals surface area contributed by atoms with E-state index >= 15 is 0 Å². The van der Waals surface area contributed by atoms with E-state index in [4.69, 9.17) is 0 Å². The smallest absolute Gasteiger partial charge is 0.306 e. The van der Waals surface area contributed by atoms with Crippen LogP contribution < -0.4 is 0 Å². The number of nitro groups is 1. The lowest BCUT2D eigenvalue weighted by Crippen LogP contribution is -2.34. The van der Waals surface area contributed by atoms with Gasteiger partial charge in [-0.3, -0.25) is 19.7 Å². The lowest BCUT2D eigenvalue weighted by atomic mass is 10.1. The number of β-amino-alcohol motifs (C(OH)–C–C–N with tert-alkyl or cyclic N) is 1. The highest BCUT2D eigenvalue weighted by atomic mass is 32.1. The van der Waals surface area contributed by atoms with E-state index in [-0.39, 0.29) is 12.2 Å². The molecule has 1 aliphatic rings. The van der Waals surface area contributed by atoms with Crippen molar-refractivity contribution in [2.45, 2.75) is 31.5 Å². The highest BCUT2D eigenvalue weighted by molar-refractivity contribution is 7.07. The Morgan fingerprint density at radius 2 is 2.41 bits per heavy atom. The Morgan fingerprint density at radius 1 is 1.55 bits per heavy atom. The van der Waals surface area contributed by atoms with Crippen LogP contribution in [0.25, 0.3) is 0 Å². The van der Waals surface area contributed by atoms with Crippen molar-refractivity contribution in [2.24, 2.45) is 0 Å². The summed E-state index contributed by atoms with van der Waals surface area (Å²) in [6, 6.07) is 2.50. The molecule has 0 aromatic carbocycles.